The highest BCUT2D eigenvalue weighted by molar-refractivity contribution is 7.85. The Bertz CT molecular complexity index is 244. The Morgan fingerprint density at radius 2 is 2.30 bits per heavy atom. The maximum atomic E-state index is 10.3. The second-order valence-corrected chi connectivity index (χ2v) is 3.13. The van der Waals surface area contributed by atoms with Gasteiger partial charge in [-0.2, -0.15) is 13.1 Å². The van der Waals surface area contributed by atoms with Crippen molar-refractivity contribution < 1.29 is 22.5 Å². The van der Waals surface area contributed by atoms with Gasteiger partial charge in [0, 0.05) is 0 Å². The Kier molecular flexibility index (Phi) is 1.63. The van der Waals surface area contributed by atoms with E-state index in [4.69, 9.17) is 5.11 Å². The third kappa shape index (κ3) is 1.43. The predicted octanol–water partition coefficient (Wildman–Crippen LogP) is -1.70. The molecule has 10 heavy (non-hydrogen) atoms. The van der Waals surface area contributed by atoms with Crippen LogP contribution in [0.25, 0.3) is 0 Å². The first-order chi connectivity index (χ1) is 4.51. The lowest BCUT2D eigenvalue weighted by Crippen LogP contribution is -2.34. The standard InChI is InChI=1S/C3H5NO5S/c5-3(6)2-1-9-10(7,8)4-2/h2,4H,1H2,(H,5,6)/t2-/m0/s1. The molecule has 1 aliphatic rings. The van der Waals surface area contributed by atoms with Crippen molar-refractivity contribution in [1.82, 2.24) is 4.72 Å². The molecule has 2 N–H and O–H groups in total. The molecule has 7 heteroatoms. The van der Waals surface area contributed by atoms with Crippen molar-refractivity contribution in [3.05, 3.63) is 0 Å². The summed E-state index contributed by atoms with van der Waals surface area (Å²) in [5.74, 6) is -1.24. The van der Waals surface area contributed by atoms with E-state index in [1.165, 1.54) is 0 Å². The van der Waals surface area contributed by atoms with Crippen LogP contribution in [0.5, 0.6) is 0 Å². The Balaban J connectivity index is 2.69. The summed E-state index contributed by atoms with van der Waals surface area (Å²) in [6, 6.07) is -1.13. The number of rotatable bonds is 1. The molecule has 1 saturated heterocycles. The van der Waals surface area contributed by atoms with Gasteiger partial charge in [-0.1, -0.05) is 0 Å². The van der Waals surface area contributed by atoms with E-state index < -0.39 is 22.3 Å². The number of hydrogen-bond acceptors (Lipinski definition) is 4. The third-order valence-corrected chi connectivity index (χ3v) is 1.99. The van der Waals surface area contributed by atoms with Gasteiger partial charge in [-0.05, 0) is 0 Å². The summed E-state index contributed by atoms with van der Waals surface area (Å²) in [6.07, 6.45) is 0. The van der Waals surface area contributed by atoms with Crippen LogP contribution < -0.4 is 4.72 Å². The highest BCUT2D eigenvalue weighted by atomic mass is 32.2. The molecule has 58 valence electrons. The van der Waals surface area contributed by atoms with Crippen LogP contribution in [-0.4, -0.2) is 32.1 Å². The monoisotopic (exact) mass is 167 g/mol. The van der Waals surface area contributed by atoms with E-state index in [1.807, 2.05) is 0 Å². The average Bonchev–Trinajstić information content (AvgIpc) is 2.10. The smallest absolute Gasteiger partial charge is 0.336 e. The molecule has 0 aromatic carbocycles. The number of carbonyl (C=O) groups is 1. The lowest BCUT2D eigenvalue weighted by molar-refractivity contribution is -0.139. The molecule has 1 heterocycles. The molecule has 1 rings (SSSR count). The van der Waals surface area contributed by atoms with Crippen LogP contribution >= 0.6 is 0 Å². The summed E-state index contributed by atoms with van der Waals surface area (Å²) in [4.78, 5) is 10.1. The highest BCUT2D eigenvalue weighted by Gasteiger charge is 2.32. The zero-order chi connectivity index (χ0) is 7.78. The molecule has 0 saturated carbocycles. The van der Waals surface area contributed by atoms with Crippen molar-refractivity contribution in [2.75, 3.05) is 6.61 Å². The van der Waals surface area contributed by atoms with Crippen molar-refractivity contribution >= 4 is 16.3 Å². The van der Waals surface area contributed by atoms with E-state index in [-0.39, 0.29) is 6.61 Å². The minimum atomic E-state index is -3.77. The third-order valence-electron chi connectivity index (χ3n) is 0.975. The Labute approximate surface area is 57.1 Å². The summed E-state index contributed by atoms with van der Waals surface area (Å²) >= 11 is 0. The van der Waals surface area contributed by atoms with Gasteiger partial charge in [-0.3, -0.25) is 8.98 Å². The van der Waals surface area contributed by atoms with Gasteiger partial charge in [0.2, 0.25) is 0 Å². The lowest BCUT2D eigenvalue weighted by atomic mass is 10.3. The zero-order valence-electron chi connectivity index (χ0n) is 4.77. The first-order valence-electron chi connectivity index (χ1n) is 2.41. The van der Waals surface area contributed by atoms with Gasteiger partial charge in [-0.25, -0.2) is 0 Å². The topological polar surface area (TPSA) is 92.7 Å². The van der Waals surface area contributed by atoms with Gasteiger partial charge in [0.05, 0.1) is 6.61 Å². The van der Waals surface area contributed by atoms with Crippen molar-refractivity contribution in [3.8, 4) is 0 Å². The van der Waals surface area contributed by atoms with E-state index in [0.717, 1.165) is 0 Å². The van der Waals surface area contributed by atoms with Crippen LogP contribution in [0.15, 0.2) is 0 Å². The van der Waals surface area contributed by atoms with Crippen LogP contribution in [0.3, 0.4) is 0 Å². The molecular formula is C3H5NO5S. The summed E-state index contributed by atoms with van der Waals surface area (Å²) in [7, 11) is -3.77. The first kappa shape index (κ1) is 7.45. The molecule has 0 spiro atoms. The Hall–Kier alpha value is -0.660. The molecule has 1 fully saturated rings. The molecule has 6 nitrogen and oxygen atoms in total. The van der Waals surface area contributed by atoms with E-state index in [9.17, 15) is 13.2 Å². The second kappa shape index (κ2) is 2.19. The van der Waals surface area contributed by atoms with Crippen molar-refractivity contribution in [2.24, 2.45) is 0 Å². The van der Waals surface area contributed by atoms with Crippen LogP contribution in [0.4, 0.5) is 0 Å². The molecule has 0 aromatic heterocycles. The SMILES string of the molecule is O=C(O)[C@@H]1COS(=O)(=O)N1. The number of aliphatic carboxylic acids is 1. The van der Waals surface area contributed by atoms with E-state index >= 15 is 0 Å². The summed E-state index contributed by atoms with van der Waals surface area (Å²) < 4.78 is 26.6. The fourth-order valence-electron chi connectivity index (χ4n) is 0.522. The maximum absolute atomic E-state index is 10.3. The largest absolute Gasteiger partial charge is 0.480 e. The quantitative estimate of drug-likeness (QED) is 0.485. The van der Waals surface area contributed by atoms with Crippen LogP contribution in [0.2, 0.25) is 0 Å². The van der Waals surface area contributed by atoms with Crippen molar-refractivity contribution in [1.29, 1.82) is 0 Å². The molecular weight excluding hydrogens is 162 g/mol. The van der Waals surface area contributed by atoms with Crippen LogP contribution in [0.1, 0.15) is 0 Å². The molecule has 0 radical (unpaired) electrons. The second-order valence-electron chi connectivity index (χ2n) is 1.75. The molecule has 0 aliphatic carbocycles. The number of carboxylic acid groups (broad SMARTS) is 1. The molecule has 0 unspecified atom stereocenters. The summed E-state index contributed by atoms with van der Waals surface area (Å²) in [5, 5.41) is 8.24. The van der Waals surface area contributed by atoms with E-state index in [0.29, 0.717) is 0 Å². The highest BCUT2D eigenvalue weighted by Crippen LogP contribution is 2.02. The number of nitrogens with one attached hydrogen (secondary N) is 1. The van der Waals surface area contributed by atoms with Crippen molar-refractivity contribution in [2.45, 2.75) is 6.04 Å². The van der Waals surface area contributed by atoms with Crippen molar-refractivity contribution in [3.63, 3.8) is 0 Å². The van der Waals surface area contributed by atoms with Gasteiger partial charge >= 0.3 is 16.3 Å². The van der Waals surface area contributed by atoms with Crippen LogP contribution in [0, 0.1) is 0 Å². The van der Waals surface area contributed by atoms with Gasteiger partial charge < -0.3 is 5.11 Å². The normalized spacial score (nSPS) is 30.2. The fourth-order valence-corrected chi connectivity index (χ4v) is 1.42. The summed E-state index contributed by atoms with van der Waals surface area (Å²) in [6.45, 7) is -0.336. The lowest BCUT2D eigenvalue weighted by Gasteiger charge is -1.95. The molecule has 1 atom stereocenters. The minimum Gasteiger partial charge on any atom is -0.480 e. The number of carboxylic acids is 1. The van der Waals surface area contributed by atoms with E-state index in [2.05, 4.69) is 4.18 Å². The maximum Gasteiger partial charge on any atom is 0.336 e. The molecule has 0 amide bonds. The predicted molar refractivity (Wildman–Crippen MR) is 29.4 cm³/mol. The first-order valence-corrected chi connectivity index (χ1v) is 3.81. The fraction of sp³-hybridized carbons (Fsp3) is 0.667. The Morgan fingerprint density at radius 3 is 2.50 bits per heavy atom. The molecule has 0 bridgehead atoms. The van der Waals surface area contributed by atoms with E-state index in [1.54, 1.807) is 4.72 Å². The molecule has 1 aliphatic heterocycles. The molecule has 0 aromatic rings. The summed E-state index contributed by atoms with van der Waals surface area (Å²) in [5.41, 5.74) is 0. The van der Waals surface area contributed by atoms with Crippen LogP contribution in [-0.2, 0) is 19.3 Å². The van der Waals surface area contributed by atoms with Gasteiger partial charge in [0.15, 0.2) is 0 Å². The Morgan fingerprint density at radius 1 is 1.70 bits per heavy atom. The number of hydrogen-bond donors (Lipinski definition) is 2. The van der Waals surface area contributed by atoms with Gasteiger partial charge in [-0.15, -0.1) is 0 Å². The minimum absolute atomic E-state index is 0.336. The zero-order valence-corrected chi connectivity index (χ0v) is 5.59. The average molecular weight is 167 g/mol. The van der Waals surface area contributed by atoms with Gasteiger partial charge in [0.1, 0.15) is 6.04 Å². The van der Waals surface area contributed by atoms with Gasteiger partial charge in [0.25, 0.3) is 0 Å².